The molecule has 0 bridgehead atoms. The van der Waals surface area contributed by atoms with Crippen LogP contribution in [0.1, 0.15) is 32.1 Å². The van der Waals surface area contributed by atoms with Crippen LogP contribution in [0.5, 0.6) is 0 Å². The third-order valence-corrected chi connectivity index (χ3v) is 3.44. The second-order valence-electron chi connectivity index (χ2n) is 4.29. The minimum atomic E-state index is -0.842. The topological polar surface area (TPSA) is 40.5 Å². The average molecular weight is 195 g/mol. The summed E-state index contributed by atoms with van der Waals surface area (Å²) in [5.74, 6) is -0.0210. The van der Waals surface area contributed by atoms with Gasteiger partial charge in [-0.2, -0.15) is 0 Å². The lowest BCUT2D eigenvalue weighted by Gasteiger charge is -2.36. The van der Waals surface area contributed by atoms with Crippen molar-refractivity contribution in [3.8, 4) is 0 Å². The molecular formula is C11H17NO2. The van der Waals surface area contributed by atoms with Gasteiger partial charge in [-0.1, -0.05) is 6.42 Å². The van der Waals surface area contributed by atoms with Crippen molar-refractivity contribution in [2.45, 2.75) is 38.1 Å². The lowest BCUT2D eigenvalue weighted by atomic mass is 9.92. The van der Waals surface area contributed by atoms with Gasteiger partial charge < -0.3 is 10.0 Å². The molecule has 1 saturated carbocycles. The molecule has 2 rings (SSSR count). The van der Waals surface area contributed by atoms with Crippen LogP contribution in [0, 0.1) is 5.92 Å². The van der Waals surface area contributed by atoms with Gasteiger partial charge in [0.2, 0.25) is 0 Å². The van der Waals surface area contributed by atoms with E-state index < -0.39 is 5.97 Å². The van der Waals surface area contributed by atoms with E-state index in [9.17, 15) is 4.79 Å². The molecule has 2 aliphatic rings. The summed E-state index contributed by atoms with van der Waals surface area (Å²) in [5.41, 5.74) is 0. The van der Waals surface area contributed by atoms with Gasteiger partial charge in [0, 0.05) is 24.9 Å². The number of rotatable bonds is 2. The van der Waals surface area contributed by atoms with Crippen molar-refractivity contribution in [1.29, 1.82) is 0 Å². The molecule has 2 atom stereocenters. The number of carboxylic acid groups (broad SMARTS) is 1. The Kier molecular flexibility index (Phi) is 2.75. The third-order valence-electron chi connectivity index (χ3n) is 3.44. The summed E-state index contributed by atoms with van der Waals surface area (Å²) in [5, 5.41) is 8.57. The number of hydrogen-bond acceptors (Lipinski definition) is 2. The minimum Gasteiger partial charge on any atom is -0.478 e. The molecule has 1 aliphatic heterocycles. The van der Waals surface area contributed by atoms with Gasteiger partial charge in [-0.15, -0.1) is 0 Å². The van der Waals surface area contributed by atoms with Gasteiger partial charge in [0.25, 0.3) is 0 Å². The monoisotopic (exact) mass is 195 g/mol. The Balaban J connectivity index is 1.99. The highest BCUT2D eigenvalue weighted by Crippen LogP contribution is 2.36. The van der Waals surface area contributed by atoms with Crippen molar-refractivity contribution in [2.75, 3.05) is 6.54 Å². The van der Waals surface area contributed by atoms with Gasteiger partial charge in [-0.3, -0.25) is 0 Å². The van der Waals surface area contributed by atoms with Crippen LogP contribution in [0.2, 0.25) is 0 Å². The lowest BCUT2D eigenvalue weighted by Crippen LogP contribution is -2.38. The van der Waals surface area contributed by atoms with E-state index in [2.05, 4.69) is 4.90 Å². The highest BCUT2D eigenvalue weighted by molar-refractivity contribution is 5.79. The van der Waals surface area contributed by atoms with Gasteiger partial charge >= 0.3 is 5.97 Å². The van der Waals surface area contributed by atoms with Gasteiger partial charge in [-0.05, 0) is 31.6 Å². The molecule has 0 radical (unpaired) electrons. The first-order valence-corrected chi connectivity index (χ1v) is 5.44. The Bertz CT molecular complexity index is 250. The van der Waals surface area contributed by atoms with Crippen LogP contribution >= 0.6 is 0 Å². The zero-order valence-electron chi connectivity index (χ0n) is 8.35. The molecule has 2 unspecified atom stereocenters. The van der Waals surface area contributed by atoms with E-state index in [0.29, 0.717) is 6.04 Å². The predicted octanol–water partition coefficient (Wildman–Crippen LogP) is 1.85. The second-order valence-corrected chi connectivity index (χ2v) is 4.29. The summed E-state index contributed by atoms with van der Waals surface area (Å²) in [7, 11) is 0. The van der Waals surface area contributed by atoms with Crippen LogP contribution in [-0.2, 0) is 4.79 Å². The normalized spacial score (nSPS) is 32.1. The fraction of sp³-hybridized carbons (Fsp3) is 0.727. The summed E-state index contributed by atoms with van der Waals surface area (Å²) >= 11 is 0. The zero-order valence-corrected chi connectivity index (χ0v) is 8.35. The molecule has 3 nitrogen and oxygen atoms in total. The first-order valence-electron chi connectivity index (χ1n) is 5.44. The lowest BCUT2D eigenvalue weighted by molar-refractivity contribution is -0.131. The van der Waals surface area contributed by atoms with E-state index in [1.807, 2.05) is 0 Å². The largest absolute Gasteiger partial charge is 0.478 e. The molecule has 0 spiro atoms. The molecule has 0 aromatic carbocycles. The minimum absolute atomic E-state index is 0.624. The van der Waals surface area contributed by atoms with Gasteiger partial charge in [0.05, 0.1) is 0 Å². The number of aliphatic carboxylic acids is 1. The van der Waals surface area contributed by atoms with Crippen LogP contribution in [0.4, 0.5) is 0 Å². The highest BCUT2D eigenvalue weighted by Gasteiger charge is 2.33. The maximum atomic E-state index is 10.4. The van der Waals surface area contributed by atoms with E-state index >= 15 is 0 Å². The summed E-state index contributed by atoms with van der Waals surface area (Å²) in [6.45, 7) is 1.03. The Labute approximate surface area is 84.4 Å². The zero-order chi connectivity index (χ0) is 9.97. The summed E-state index contributed by atoms with van der Waals surface area (Å²) in [6, 6.07) is 0.624. The molecular weight excluding hydrogens is 178 g/mol. The number of likely N-dealkylation sites (tertiary alicyclic amines) is 1. The van der Waals surface area contributed by atoms with Crippen molar-refractivity contribution in [3.63, 3.8) is 0 Å². The standard InChI is InChI=1S/C11H17NO2/c13-11(14)6-8-12-7-2-4-9-3-1-5-10(9)12/h6,8-10H,1-5,7H2,(H,13,14)/b8-6+. The van der Waals surface area contributed by atoms with E-state index in [-0.39, 0.29) is 0 Å². The van der Waals surface area contributed by atoms with E-state index in [4.69, 9.17) is 5.11 Å². The van der Waals surface area contributed by atoms with Crippen molar-refractivity contribution in [1.82, 2.24) is 4.90 Å². The number of fused-ring (bicyclic) bond motifs is 1. The molecule has 1 saturated heterocycles. The summed E-state index contributed by atoms with van der Waals surface area (Å²) in [6.07, 6.45) is 9.47. The molecule has 0 aromatic heterocycles. The van der Waals surface area contributed by atoms with Crippen LogP contribution < -0.4 is 0 Å². The molecule has 14 heavy (non-hydrogen) atoms. The first-order chi connectivity index (χ1) is 6.77. The number of nitrogens with zero attached hydrogens (tertiary/aromatic N) is 1. The molecule has 1 heterocycles. The van der Waals surface area contributed by atoms with Crippen LogP contribution in [0.3, 0.4) is 0 Å². The van der Waals surface area contributed by atoms with Crippen LogP contribution in [-0.4, -0.2) is 28.6 Å². The van der Waals surface area contributed by atoms with Gasteiger partial charge in [0.15, 0.2) is 0 Å². The van der Waals surface area contributed by atoms with E-state index in [1.165, 1.54) is 38.2 Å². The number of carbonyl (C=O) groups is 1. The SMILES string of the molecule is O=C(O)/C=C/N1CCCC2CCCC21. The number of hydrogen-bond donors (Lipinski definition) is 1. The Morgan fingerprint density at radius 1 is 1.29 bits per heavy atom. The molecule has 1 aliphatic carbocycles. The fourth-order valence-electron chi connectivity index (χ4n) is 2.84. The number of piperidine rings is 1. The Morgan fingerprint density at radius 3 is 2.86 bits per heavy atom. The van der Waals surface area contributed by atoms with Crippen molar-refractivity contribution in [2.24, 2.45) is 5.92 Å². The molecule has 3 heteroatoms. The third kappa shape index (κ3) is 1.91. The number of carboxylic acids is 1. The summed E-state index contributed by atoms with van der Waals surface area (Å²) < 4.78 is 0. The van der Waals surface area contributed by atoms with Gasteiger partial charge in [0.1, 0.15) is 0 Å². The molecule has 2 fully saturated rings. The van der Waals surface area contributed by atoms with E-state index in [0.717, 1.165) is 12.5 Å². The maximum absolute atomic E-state index is 10.4. The van der Waals surface area contributed by atoms with Crippen LogP contribution in [0.25, 0.3) is 0 Å². The Morgan fingerprint density at radius 2 is 2.07 bits per heavy atom. The first kappa shape index (κ1) is 9.56. The molecule has 78 valence electrons. The molecule has 0 amide bonds. The van der Waals surface area contributed by atoms with Crippen molar-refractivity contribution >= 4 is 5.97 Å². The quantitative estimate of drug-likeness (QED) is 0.683. The molecule has 0 aromatic rings. The van der Waals surface area contributed by atoms with E-state index in [1.54, 1.807) is 6.20 Å². The van der Waals surface area contributed by atoms with Gasteiger partial charge in [-0.25, -0.2) is 4.79 Å². The summed E-state index contributed by atoms with van der Waals surface area (Å²) in [4.78, 5) is 12.7. The van der Waals surface area contributed by atoms with Crippen molar-refractivity contribution < 1.29 is 9.90 Å². The van der Waals surface area contributed by atoms with Crippen LogP contribution in [0.15, 0.2) is 12.3 Å². The second kappa shape index (κ2) is 4.03. The maximum Gasteiger partial charge on any atom is 0.329 e. The smallest absolute Gasteiger partial charge is 0.329 e. The van der Waals surface area contributed by atoms with Crippen molar-refractivity contribution in [3.05, 3.63) is 12.3 Å². The highest BCUT2D eigenvalue weighted by atomic mass is 16.4. The predicted molar refractivity (Wildman–Crippen MR) is 53.8 cm³/mol. The molecule has 1 N–H and O–H groups in total. The fourth-order valence-corrected chi connectivity index (χ4v) is 2.84. The average Bonchev–Trinajstić information content (AvgIpc) is 2.62. The Hall–Kier alpha value is -0.990.